The van der Waals surface area contributed by atoms with E-state index in [0.29, 0.717) is 31.1 Å². The largest absolute Gasteiger partial charge is 0.316 e. The molecule has 7 heteroatoms. The summed E-state index contributed by atoms with van der Waals surface area (Å²) in [7, 11) is -1.66. The molecule has 0 amide bonds. The summed E-state index contributed by atoms with van der Waals surface area (Å²) >= 11 is 0. The van der Waals surface area contributed by atoms with E-state index in [1.54, 1.807) is 17.5 Å². The topological polar surface area (TPSA) is 78.1 Å². The van der Waals surface area contributed by atoms with Crippen molar-refractivity contribution in [2.45, 2.75) is 37.8 Å². The lowest BCUT2D eigenvalue weighted by Gasteiger charge is -2.21. The van der Waals surface area contributed by atoms with Crippen LogP contribution in [-0.4, -0.2) is 43.1 Å². The van der Waals surface area contributed by atoms with Crippen LogP contribution in [-0.2, 0) is 16.6 Å². The van der Waals surface area contributed by atoms with E-state index >= 15 is 0 Å². The zero-order chi connectivity index (χ0) is 13.9. The molecule has 0 saturated heterocycles. The van der Waals surface area contributed by atoms with Gasteiger partial charge in [-0.3, -0.25) is 5.10 Å². The number of aromatic amines is 1. The Balaban J connectivity index is 2.23. The standard InChI is InChI=1S/C12H22N4O2S/c1-3-6-16(9-10-4-5-10)19(17,18)12-11(7-13-2)8-14-15-12/h8,10,13H,3-7,9H2,1-2H3,(H,14,15). The van der Waals surface area contributed by atoms with E-state index in [0.717, 1.165) is 19.3 Å². The van der Waals surface area contributed by atoms with Gasteiger partial charge in [0.15, 0.2) is 5.03 Å². The lowest BCUT2D eigenvalue weighted by molar-refractivity contribution is 0.393. The monoisotopic (exact) mass is 286 g/mol. The second kappa shape index (κ2) is 6.02. The number of nitrogens with zero attached hydrogens (tertiary/aromatic N) is 2. The fraction of sp³-hybridized carbons (Fsp3) is 0.750. The molecule has 6 nitrogen and oxygen atoms in total. The maximum Gasteiger partial charge on any atom is 0.260 e. The van der Waals surface area contributed by atoms with E-state index in [-0.39, 0.29) is 5.03 Å². The SMILES string of the molecule is CCCN(CC1CC1)S(=O)(=O)c1[nH]ncc1CNC. The quantitative estimate of drug-likeness (QED) is 0.745. The van der Waals surface area contributed by atoms with Gasteiger partial charge < -0.3 is 5.32 Å². The van der Waals surface area contributed by atoms with Gasteiger partial charge >= 0.3 is 0 Å². The van der Waals surface area contributed by atoms with Crippen LogP contribution in [0.15, 0.2) is 11.2 Å². The summed E-state index contributed by atoms with van der Waals surface area (Å²) in [5, 5.41) is 9.71. The average molecular weight is 286 g/mol. The van der Waals surface area contributed by atoms with Gasteiger partial charge in [0.1, 0.15) is 0 Å². The van der Waals surface area contributed by atoms with Crippen LogP contribution >= 0.6 is 0 Å². The van der Waals surface area contributed by atoms with E-state index in [9.17, 15) is 8.42 Å². The minimum atomic E-state index is -3.45. The first kappa shape index (κ1) is 14.5. The molecule has 1 fully saturated rings. The van der Waals surface area contributed by atoms with E-state index in [1.165, 1.54) is 0 Å². The second-order valence-electron chi connectivity index (χ2n) is 5.06. The highest BCUT2D eigenvalue weighted by molar-refractivity contribution is 7.89. The Morgan fingerprint density at radius 1 is 1.53 bits per heavy atom. The molecule has 0 radical (unpaired) electrons. The zero-order valence-corrected chi connectivity index (χ0v) is 12.3. The molecule has 0 aromatic carbocycles. The van der Waals surface area contributed by atoms with Gasteiger partial charge in [-0.2, -0.15) is 9.40 Å². The van der Waals surface area contributed by atoms with Gasteiger partial charge in [-0.05, 0) is 32.2 Å². The highest BCUT2D eigenvalue weighted by Crippen LogP contribution is 2.31. The van der Waals surface area contributed by atoms with E-state index < -0.39 is 10.0 Å². The molecule has 108 valence electrons. The third kappa shape index (κ3) is 3.34. The van der Waals surface area contributed by atoms with Crippen molar-refractivity contribution in [1.29, 1.82) is 0 Å². The van der Waals surface area contributed by atoms with Crippen LogP contribution in [0.1, 0.15) is 31.7 Å². The highest BCUT2D eigenvalue weighted by Gasteiger charge is 2.33. The summed E-state index contributed by atoms with van der Waals surface area (Å²) in [4.78, 5) is 0. The Kier molecular flexibility index (Phi) is 4.59. The van der Waals surface area contributed by atoms with Crippen molar-refractivity contribution in [1.82, 2.24) is 19.8 Å². The van der Waals surface area contributed by atoms with Gasteiger partial charge in [-0.1, -0.05) is 6.92 Å². The van der Waals surface area contributed by atoms with Gasteiger partial charge in [0.05, 0.1) is 6.20 Å². The predicted molar refractivity (Wildman–Crippen MR) is 73.1 cm³/mol. The molecule has 0 atom stereocenters. The maximum atomic E-state index is 12.7. The first-order valence-electron chi connectivity index (χ1n) is 6.76. The van der Waals surface area contributed by atoms with Crippen LogP contribution < -0.4 is 5.32 Å². The predicted octanol–water partition coefficient (Wildman–Crippen LogP) is 0.940. The summed E-state index contributed by atoms with van der Waals surface area (Å²) in [6, 6.07) is 0. The zero-order valence-electron chi connectivity index (χ0n) is 11.5. The molecular formula is C12H22N4O2S. The number of hydrogen-bond acceptors (Lipinski definition) is 4. The normalized spacial score (nSPS) is 16.2. The Morgan fingerprint density at radius 3 is 2.84 bits per heavy atom. The van der Waals surface area contributed by atoms with Gasteiger partial charge in [0.25, 0.3) is 10.0 Å². The summed E-state index contributed by atoms with van der Waals surface area (Å²) in [6.07, 6.45) is 4.68. The van der Waals surface area contributed by atoms with E-state index in [2.05, 4.69) is 15.5 Å². The van der Waals surface area contributed by atoms with Gasteiger partial charge in [-0.25, -0.2) is 8.42 Å². The minimum Gasteiger partial charge on any atom is -0.316 e. The Labute approximate surface area is 114 Å². The number of rotatable bonds is 8. The number of aromatic nitrogens is 2. The molecule has 19 heavy (non-hydrogen) atoms. The first-order valence-corrected chi connectivity index (χ1v) is 8.20. The summed E-state index contributed by atoms with van der Waals surface area (Å²) in [5.74, 6) is 0.539. The molecule has 1 aliphatic rings. The Morgan fingerprint density at radius 2 is 2.26 bits per heavy atom. The third-order valence-corrected chi connectivity index (χ3v) is 5.16. The molecule has 0 bridgehead atoms. The summed E-state index contributed by atoms with van der Waals surface area (Å²) in [6.45, 7) is 3.69. The van der Waals surface area contributed by atoms with Crippen LogP contribution in [0.4, 0.5) is 0 Å². The van der Waals surface area contributed by atoms with Crippen LogP contribution in [0.2, 0.25) is 0 Å². The molecule has 2 N–H and O–H groups in total. The number of hydrogen-bond donors (Lipinski definition) is 2. The summed E-state index contributed by atoms with van der Waals surface area (Å²) in [5.41, 5.74) is 0.694. The van der Waals surface area contributed by atoms with E-state index in [4.69, 9.17) is 0 Å². The smallest absolute Gasteiger partial charge is 0.260 e. The highest BCUT2D eigenvalue weighted by atomic mass is 32.2. The van der Waals surface area contributed by atoms with Crippen molar-refractivity contribution in [2.75, 3.05) is 20.1 Å². The van der Waals surface area contributed by atoms with Gasteiger partial charge in [0.2, 0.25) is 0 Å². The van der Waals surface area contributed by atoms with Crippen molar-refractivity contribution in [2.24, 2.45) is 5.92 Å². The fourth-order valence-electron chi connectivity index (χ4n) is 2.12. The molecule has 1 aliphatic carbocycles. The molecule has 0 unspecified atom stereocenters. The van der Waals surface area contributed by atoms with Crippen LogP contribution in [0.5, 0.6) is 0 Å². The second-order valence-corrected chi connectivity index (χ2v) is 6.94. The molecule has 1 heterocycles. The number of nitrogens with one attached hydrogen (secondary N) is 2. The fourth-order valence-corrected chi connectivity index (χ4v) is 3.83. The van der Waals surface area contributed by atoms with Gasteiger partial charge in [0, 0.05) is 25.2 Å². The van der Waals surface area contributed by atoms with Crippen LogP contribution in [0.25, 0.3) is 0 Å². The number of H-pyrrole nitrogens is 1. The van der Waals surface area contributed by atoms with Crippen LogP contribution in [0, 0.1) is 5.92 Å². The first-order chi connectivity index (χ1) is 9.09. The van der Waals surface area contributed by atoms with Crippen molar-refractivity contribution >= 4 is 10.0 Å². The molecule has 0 aliphatic heterocycles. The molecule has 1 saturated carbocycles. The summed E-state index contributed by atoms with van der Waals surface area (Å²) < 4.78 is 26.9. The van der Waals surface area contributed by atoms with Crippen molar-refractivity contribution in [3.63, 3.8) is 0 Å². The molecule has 1 aromatic rings. The number of sulfonamides is 1. The van der Waals surface area contributed by atoms with Crippen molar-refractivity contribution < 1.29 is 8.42 Å². The van der Waals surface area contributed by atoms with Gasteiger partial charge in [-0.15, -0.1) is 0 Å². The Bertz CT molecular complexity index is 508. The molecule has 1 aromatic heterocycles. The third-order valence-electron chi connectivity index (χ3n) is 3.27. The van der Waals surface area contributed by atoms with Crippen molar-refractivity contribution in [3.8, 4) is 0 Å². The average Bonchev–Trinajstić information content (AvgIpc) is 3.06. The van der Waals surface area contributed by atoms with Crippen molar-refractivity contribution in [3.05, 3.63) is 11.8 Å². The lowest BCUT2D eigenvalue weighted by atomic mass is 10.4. The minimum absolute atomic E-state index is 0.232. The maximum absolute atomic E-state index is 12.7. The molecule has 0 spiro atoms. The van der Waals surface area contributed by atoms with E-state index in [1.807, 2.05) is 6.92 Å². The molecular weight excluding hydrogens is 264 g/mol. The molecule has 2 rings (SSSR count). The Hall–Kier alpha value is -0.920. The van der Waals surface area contributed by atoms with Crippen LogP contribution in [0.3, 0.4) is 0 Å². The lowest BCUT2D eigenvalue weighted by Crippen LogP contribution is -2.34.